The lowest BCUT2D eigenvalue weighted by Gasteiger charge is -1.97. The van der Waals surface area contributed by atoms with E-state index in [0.29, 0.717) is 25.9 Å². The Hall–Kier alpha value is -1.12. The molecule has 0 aromatic carbocycles. The molecule has 12 heavy (non-hydrogen) atoms. The summed E-state index contributed by atoms with van der Waals surface area (Å²) in [7, 11) is 0. The van der Waals surface area contributed by atoms with Gasteiger partial charge in [-0.1, -0.05) is 12.2 Å². The number of allylic oxidation sites excluding steroid dienone is 2. The number of rotatable bonds is 6. The summed E-state index contributed by atoms with van der Waals surface area (Å²) < 4.78 is 4.71. The fourth-order valence-corrected chi connectivity index (χ4v) is 0.704. The van der Waals surface area contributed by atoms with Crippen molar-refractivity contribution >= 4 is 12.3 Å². The molecule has 0 bridgehead atoms. The first-order valence-corrected chi connectivity index (χ1v) is 4.05. The van der Waals surface area contributed by atoms with E-state index >= 15 is 0 Å². The molecule has 0 aliphatic heterocycles. The molecular weight excluding hydrogens is 156 g/mol. The monoisotopic (exact) mass is 170 g/mol. The smallest absolute Gasteiger partial charge is 0.306 e. The first-order valence-electron chi connectivity index (χ1n) is 4.05. The van der Waals surface area contributed by atoms with Crippen molar-refractivity contribution in [2.75, 3.05) is 6.61 Å². The van der Waals surface area contributed by atoms with E-state index in [0.717, 1.165) is 6.29 Å². The van der Waals surface area contributed by atoms with Crippen LogP contribution in [0, 0.1) is 0 Å². The SMILES string of the molecule is CCOC(=O)CCC=CCC=O. The third-order valence-electron chi connectivity index (χ3n) is 1.22. The van der Waals surface area contributed by atoms with Crippen molar-refractivity contribution in [1.82, 2.24) is 0 Å². The molecule has 0 N–H and O–H groups in total. The Morgan fingerprint density at radius 3 is 2.75 bits per heavy atom. The first kappa shape index (κ1) is 10.9. The van der Waals surface area contributed by atoms with Crippen LogP contribution in [-0.2, 0) is 14.3 Å². The third kappa shape index (κ3) is 6.99. The summed E-state index contributed by atoms with van der Waals surface area (Å²) >= 11 is 0. The minimum absolute atomic E-state index is 0.187. The fraction of sp³-hybridized carbons (Fsp3) is 0.556. The van der Waals surface area contributed by atoms with Gasteiger partial charge in [0.1, 0.15) is 6.29 Å². The van der Waals surface area contributed by atoms with Crippen molar-refractivity contribution in [1.29, 1.82) is 0 Å². The van der Waals surface area contributed by atoms with Crippen molar-refractivity contribution in [3.8, 4) is 0 Å². The normalized spacial score (nSPS) is 10.1. The van der Waals surface area contributed by atoms with Crippen LogP contribution in [0.15, 0.2) is 12.2 Å². The highest BCUT2D eigenvalue weighted by Crippen LogP contribution is 1.94. The quantitative estimate of drug-likeness (QED) is 0.344. The Balaban J connectivity index is 3.29. The zero-order valence-corrected chi connectivity index (χ0v) is 7.29. The standard InChI is InChI=1S/C9H14O3/c1-2-12-9(11)7-5-3-4-6-8-10/h3-4,8H,2,5-7H2,1H3. The van der Waals surface area contributed by atoms with Crippen molar-refractivity contribution in [2.45, 2.75) is 26.2 Å². The summed E-state index contributed by atoms with van der Waals surface area (Å²) in [4.78, 5) is 20.6. The van der Waals surface area contributed by atoms with Crippen LogP contribution >= 0.6 is 0 Å². The van der Waals surface area contributed by atoms with Crippen LogP contribution in [0.2, 0.25) is 0 Å². The average molecular weight is 170 g/mol. The Morgan fingerprint density at radius 1 is 1.42 bits per heavy atom. The van der Waals surface area contributed by atoms with Crippen LogP contribution in [0.1, 0.15) is 26.2 Å². The van der Waals surface area contributed by atoms with Gasteiger partial charge in [0.2, 0.25) is 0 Å². The van der Waals surface area contributed by atoms with Crippen LogP contribution < -0.4 is 0 Å². The maximum Gasteiger partial charge on any atom is 0.306 e. The first-order chi connectivity index (χ1) is 5.81. The average Bonchev–Trinajstić information content (AvgIpc) is 2.05. The van der Waals surface area contributed by atoms with E-state index in [4.69, 9.17) is 4.74 Å². The number of ether oxygens (including phenoxy) is 1. The molecule has 0 atom stereocenters. The maximum absolute atomic E-state index is 10.8. The van der Waals surface area contributed by atoms with E-state index in [1.165, 1.54) is 0 Å². The van der Waals surface area contributed by atoms with Gasteiger partial charge in [0, 0.05) is 12.8 Å². The number of carbonyl (C=O) groups excluding carboxylic acids is 2. The van der Waals surface area contributed by atoms with Crippen molar-refractivity contribution in [3.63, 3.8) is 0 Å². The second kappa shape index (κ2) is 7.98. The summed E-state index contributed by atoms with van der Waals surface area (Å²) in [6.45, 7) is 2.21. The summed E-state index contributed by atoms with van der Waals surface area (Å²) in [5, 5.41) is 0. The van der Waals surface area contributed by atoms with Gasteiger partial charge in [0.15, 0.2) is 0 Å². The topological polar surface area (TPSA) is 43.4 Å². The second-order valence-electron chi connectivity index (χ2n) is 2.22. The summed E-state index contributed by atoms with van der Waals surface area (Å²) in [6.07, 6.45) is 5.83. The molecule has 0 saturated carbocycles. The van der Waals surface area contributed by atoms with Gasteiger partial charge in [0.05, 0.1) is 6.61 Å². The highest BCUT2D eigenvalue weighted by atomic mass is 16.5. The highest BCUT2D eigenvalue weighted by Gasteiger charge is 1.97. The third-order valence-corrected chi connectivity index (χ3v) is 1.22. The molecule has 0 unspecified atom stereocenters. The molecule has 0 aliphatic rings. The second-order valence-corrected chi connectivity index (χ2v) is 2.22. The van der Waals surface area contributed by atoms with Crippen molar-refractivity contribution in [2.24, 2.45) is 0 Å². The van der Waals surface area contributed by atoms with E-state index in [9.17, 15) is 9.59 Å². The molecule has 0 fully saturated rings. The van der Waals surface area contributed by atoms with Gasteiger partial charge in [-0.25, -0.2) is 0 Å². The minimum atomic E-state index is -0.187. The molecule has 0 amide bonds. The molecule has 0 aromatic rings. The number of esters is 1. The zero-order valence-electron chi connectivity index (χ0n) is 7.29. The molecule has 0 aromatic heterocycles. The van der Waals surface area contributed by atoms with Crippen LogP contribution in [0.4, 0.5) is 0 Å². The Labute approximate surface area is 72.4 Å². The van der Waals surface area contributed by atoms with Gasteiger partial charge in [-0.15, -0.1) is 0 Å². The molecular formula is C9H14O3. The number of aldehydes is 1. The number of carbonyl (C=O) groups is 2. The van der Waals surface area contributed by atoms with Crippen LogP contribution in [0.5, 0.6) is 0 Å². The van der Waals surface area contributed by atoms with E-state index in [1.54, 1.807) is 13.0 Å². The molecule has 3 heteroatoms. The van der Waals surface area contributed by atoms with E-state index in [1.807, 2.05) is 6.08 Å². The Morgan fingerprint density at radius 2 is 2.17 bits per heavy atom. The lowest BCUT2D eigenvalue weighted by Crippen LogP contribution is -2.02. The molecule has 0 spiro atoms. The van der Waals surface area contributed by atoms with Crippen molar-refractivity contribution in [3.05, 3.63) is 12.2 Å². The predicted molar refractivity (Wildman–Crippen MR) is 45.7 cm³/mol. The largest absolute Gasteiger partial charge is 0.466 e. The molecule has 0 heterocycles. The van der Waals surface area contributed by atoms with Gasteiger partial charge in [-0.3, -0.25) is 4.79 Å². The van der Waals surface area contributed by atoms with Gasteiger partial charge in [-0.2, -0.15) is 0 Å². The highest BCUT2D eigenvalue weighted by molar-refractivity contribution is 5.69. The maximum atomic E-state index is 10.8. The number of hydrogen-bond donors (Lipinski definition) is 0. The van der Waals surface area contributed by atoms with E-state index in [-0.39, 0.29) is 5.97 Å². The van der Waals surface area contributed by atoms with Crippen molar-refractivity contribution < 1.29 is 14.3 Å². The number of hydrogen-bond acceptors (Lipinski definition) is 3. The van der Waals surface area contributed by atoms with E-state index < -0.39 is 0 Å². The summed E-state index contributed by atoms with van der Waals surface area (Å²) in [5.74, 6) is -0.187. The molecule has 0 saturated heterocycles. The van der Waals surface area contributed by atoms with Gasteiger partial charge in [-0.05, 0) is 13.3 Å². The molecule has 0 aliphatic carbocycles. The molecule has 3 nitrogen and oxygen atoms in total. The molecule has 0 radical (unpaired) electrons. The zero-order chi connectivity index (χ0) is 9.23. The fourth-order valence-electron chi connectivity index (χ4n) is 0.704. The Bertz CT molecular complexity index is 161. The predicted octanol–water partition coefficient (Wildman–Crippen LogP) is 1.47. The lowest BCUT2D eigenvalue weighted by atomic mass is 10.3. The van der Waals surface area contributed by atoms with Gasteiger partial charge in [0.25, 0.3) is 0 Å². The lowest BCUT2D eigenvalue weighted by molar-refractivity contribution is -0.143. The summed E-state index contributed by atoms with van der Waals surface area (Å²) in [6, 6.07) is 0. The molecule has 0 rings (SSSR count). The molecule has 68 valence electrons. The van der Waals surface area contributed by atoms with Gasteiger partial charge < -0.3 is 9.53 Å². The van der Waals surface area contributed by atoms with Crippen LogP contribution in [0.3, 0.4) is 0 Å². The Kier molecular flexibility index (Phi) is 7.24. The van der Waals surface area contributed by atoms with E-state index in [2.05, 4.69) is 0 Å². The minimum Gasteiger partial charge on any atom is -0.466 e. The van der Waals surface area contributed by atoms with Crippen LogP contribution in [-0.4, -0.2) is 18.9 Å². The van der Waals surface area contributed by atoms with Gasteiger partial charge >= 0.3 is 5.97 Å². The van der Waals surface area contributed by atoms with Crippen LogP contribution in [0.25, 0.3) is 0 Å². The summed E-state index contributed by atoms with van der Waals surface area (Å²) in [5.41, 5.74) is 0.